The number of hydrogen-bond acceptors (Lipinski definition) is 5. The smallest absolute Gasteiger partial charge is 0.266 e. The van der Waals surface area contributed by atoms with Crippen molar-refractivity contribution in [1.29, 1.82) is 0 Å². The fourth-order valence-corrected chi connectivity index (χ4v) is 5.23. The summed E-state index contributed by atoms with van der Waals surface area (Å²) in [6.45, 7) is 6.24. The molecular formula is C22H22N4O2S. The second-order valence-corrected chi connectivity index (χ2v) is 8.90. The summed E-state index contributed by atoms with van der Waals surface area (Å²) in [7, 11) is 0. The molecule has 3 aromatic rings. The van der Waals surface area contributed by atoms with Crippen molar-refractivity contribution in [3.8, 4) is 0 Å². The molecule has 0 unspecified atom stereocenters. The molecule has 0 radical (unpaired) electrons. The maximum absolute atomic E-state index is 13.0. The zero-order chi connectivity index (χ0) is 20.3. The van der Waals surface area contributed by atoms with Crippen molar-refractivity contribution < 1.29 is 9.59 Å². The first-order valence-electron chi connectivity index (χ1n) is 9.92. The van der Waals surface area contributed by atoms with Crippen molar-refractivity contribution in [3.63, 3.8) is 0 Å². The summed E-state index contributed by atoms with van der Waals surface area (Å²) in [5, 5.41) is 4.02. The number of hydrogen-bond donors (Lipinski definition) is 1. The third-order valence-electron chi connectivity index (χ3n) is 5.75. The maximum Gasteiger partial charge on any atom is 0.266 e. The van der Waals surface area contributed by atoms with Crippen LogP contribution in [0, 0.1) is 13.8 Å². The highest BCUT2D eigenvalue weighted by molar-refractivity contribution is 7.20. The summed E-state index contributed by atoms with van der Waals surface area (Å²) in [5.74, 6) is 1.32. The molecule has 1 aliphatic carbocycles. The average molecular weight is 407 g/mol. The second-order valence-electron chi connectivity index (χ2n) is 7.90. The Hall–Kier alpha value is -2.80. The van der Waals surface area contributed by atoms with Crippen LogP contribution in [0.5, 0.6) is 0 Å². The topological polar surface area (TPSA) is 75.2 Å². The highest BCUT2D eigenvalue weighted by Gasteiger charge is 2.29. The number of anilines is 2. The first-order valence-corrected chi connectivity index (χ1v) is 10.7. The Kier molecular flexibility index (Phi) is 4.17. The van der Waals surface area contributed by atoms with Crippen LogP contribution < -0.4 is 10.2 Å². The van der Waals surface area contributed by atoms with Crippen LogP contribution in [0.25, 0.3) is 10.2 Å². The molecule has 7 heteroatoms. The van der Waals surface area contributed by atoms with Crippen LogP contribution in [-0.4, -0.2) is 28.3 Å². The number of carbonyl (C=O) groups is 2. The van der Waals surface area contributed by atoms with Gasteiger partial charge < -0.3 is 10.2 Å². The Morgan fingerprint density at radius 1 is 1.21 bits per heavy atom. The number of benzene rings is 1. The Morgan fingerprint density at radius 3 is 2.72 bits per heavy atom. The maximum atomic E-state index is 13.0. The average Bonchev–Trinajstić information content (AvgIpc) is 3.35. The van der Waals surface area contributed by atoms with Gasteiger partial charge in [0.2, 0.25) is 5.91 Å². The summed E-state index contributed by atoms with van der Waals surface area (Å²) in [6.07, 6.45) is 3.11. The van der Waals surface area contributed by atoms with Gasteiger partial charge in [0.1, 0.15) is 10.7 Å². The van der Waals surface area contributed by atoms with Crippen LogP contribution in [0.2, 0.25) is 0 Å². The van der Waals surface area contributed by atoms with Gasteiger partial charge in [-0.05, 0) is 62.4 Å². The zero-order valence-corrected chi connectivity index (χ0v) is 17.5. The molecule has 0 spiro atoms. The molecule has 148 valence electrons. The summed E-state index contributed by atoms with van der Waals surface area (Å²) in [5.41, 5.74) is 4.66. The molecule has 1 aromatic carbocycles. The van der Waals surface area contributed by atoms with E-state index in [1.165, 1.54) is 11.3 Å². The van der Waals surface area contributed by atoms with Crippen molar-refractivity contribution in [3.05, 3.63) is 45.7 Å². The SMILES string of the molecule is CC(=O)N1CCc2cc(NC(=O)c3sc4nc(C5CC5)nc(C)c4c3C)ccc21. The first kappa shape index (κ1) is 18.2. The fourth-order valence-electron chi connectivity index (χ4n) is 4.09. The minimum atomic E-state index is -0.126. The lowest BCUT2D eigenvalue weighted by molar-refractivity contribution is -0.116. The number of amides is 2. The van der Waals surface area contributed by atoms with E-state index < -0.39 is 0 Å². The number of aromatic nitrogens is 2. The molecule has 2 aliphatic rings. The number of thiophene rings is 1. The molecule has 3 heterocycles. The number of nitrogens with one attached hydrogen (secondary N) is 1. The molecule has 5 rings (SSSR count). The van der Waals surface area contributed by atoms with Gasteiger partial charge in [0, 0.05) is 36.1 Å². The minimum Gasteiger partial charge on any atom is -0.321 e. The zero-order valence-electron chi connectivity index (χ0n) is 16.7. The number of fused-ring (bicyclic) bond motifs is 2. The molecule has 1 fully saturated rings. The van der Waals surface area contributed by atoms with Crippen LogP contribution in [0.1, 0.15) is 58.0 Å². The van der Waals surface area contributed by atoms with Gasteiger partial charge in [0.25, 0.3) is 5.91 Å². The summed E-state index contributed by atoms with van der Waals surface area (Å²) < 4.78 is 0. The van der Waals surface area contributed by atoms with Gasteiger partial charge in [-0.2, -0.15) is 0 Å². The van der Waals surface area contributed by atoms with Crippen molar-refractivity contribution in [2.75, 3.05) is 16.8 Å². The van der Waals surface area contributed by atoms with E-state index in [-0.39, 0.29) is 11.8 Å². The van der Waals surface area contributed by atoms with Gasteiger partial charge in [-0.1, -0.05) is 0 Å². The molecule has 1 aliphatic heterocycles. The van der Waals surface area contributed by atoms with Gasteiger partial charge in [-0.15, -0.1) is 11.3 Å². The Labute approximate surface area is 173 Å². The highest BCUT2D eigenvalue weighted by Crippen LogP contribution is 2.40. The van der Waals surface area contributed by atoms with Crippen molar-refractivity contribution in [2.24, 2.45) is 0 Å². The van der Waals surface area contributed by atoms with Gasteiger partial charge >= 0.3 is 0 Å². The standard InChI is InChI=1S/C22H22N4O2S/c1-11-18-12(2)23-20(14-4-5-14)25-22(18)29-19(11)21(28)24-16-6-7-17-15(10-16)8-9-26(17)13(3)27/h6-7,10,14H,4-5,8-9H2,1-3H3,(H,24,28). The Morgan fingerprint density at radius 2 is 2.00 bits per heavy atom. The van der Waals surface area contributed by atoms with Crippen LogP contribution in [0.4, 0.5) is 11.4 Å². The molecule has 2 amide bonds. The summed E-state index contributed by atoms with van der Waals surface area (Å²) in [4.78, 5) is 37.5. The predicted molar refractivity (Wildman–Crippen MR) is 115 cm³/mol. The van der Waals surface area contributed by atoms with E-state index in [0.29, 0.717) is 17.3 Å². The van der Waals surface area contributed by atoms with Gasteiger partial charge in [0.05, 0.1) is 10.6 Å². The summed E-state index contributed by atoms with van der Waals surface area (Å²) >= 11 is 1.44. The van der Waals surface area contributed by atoms with Crippen LogP contribution in [-0.2, 0) is 11.2 Å². The van der Waals surface area contributed by atoms with Crippen LogP contribution in [0.3, 0.4) is 0 Å². The molecule has 29 heavy (non-hydrogen) atoms. The summed E-state index contributed by atoms with van der Waals surface area (Å²) in [6, 6.07) is 5.74. The van der Waals surface area contributed by atoms with E-state index in [9.17, 15) is 9.59 Å². The van der Waals surface area contributed by atoms with E-state index in [1.54, 1.807) is 11.8 Å². The molecular weight excluding hydrogens is 384 g/mol. The van der Waals surface area contributed by atoms with E-state index in [2.05, 4.69) is 10.3 Å². The number of rotatable bonds is 3. The van der Waals surface area contributed by atoms with E-state index in [0.717, 1.165) is 63.5 Å². The molecule has 6 nitrogen and oxygen atoms in total. The molecule has 0 bridgehead atoms. The second kappa shape index (κ2) is 6.62. The van der Waals surface area contributed by atoms with E-state index in [1.807, 2.05) is 32.0 Å². The largest absolute Gasteiger partial charge is 0.321 e. The first-order chi connectivity index (χ1) is 13.9. The third-order valence-corrected chi connectivity index (χ3v) is 6.93. The number of aryl methyl sites for hydroxylation is 2. The van der Waals surface area contributed by atoms with Gasteiger partial charge in [-0.3, -0.25) is 9.59 Å². The van der Waals surface area contributed by atoms with E-state index in [4.69, 9.17) is 4.98 Å². The lowest BCUT2D eigenvalue weighted by Crippen LogP contribution is -2.25. The van der Waals surface area contributed by atoms with Crippen LogP contribution >= 0.6 is 11.3 Å². The number of carbonyl (C=O) groups excluding carboxylic acids is 2. The molecule has 2 aromatic heterocycles. The van der Waals surface area contributed by atoms with Crippen molar-refractivity contribution in [1.82, 2.24) is 9.97 Å². The molecule has 0 atom stereocenters. The Bertz CT molecular complexity index is 1180. The molecule has 1 N–H and O–H groups in total. The fraction of sp³-hybridized carbons (Fsp3) is 0.364. The lowest BCUT2D eigenvalue weighted by Gasteiger charge is -2.15. The van der Waals surface area contributed by atoms with E-state index >= 15 is 0 Å². The predicted octanol–water partition coefficient (Wildman–Crippen LogP) is 4.35. The van der Waals surface area contributed by atoms with Crippen LogP contribution in [0.15, 0.2) is 18.2 Å². The minimum absolute atomic E-state index is 0.0449. The Balaban J connectivity index is 1.44. The van der Waals surface area contributed by atoms with Gasteiger partial charge in [0.15, 0.2) is 0 Å². The highest BCUT2D eigenvalue weighted by atomic mass is 32.1. The lowest BCUT2D eigenvalue weighted by atomic mass is 10.1. The molecule has 1 saturated carbocycles. The van der Waals surface area contributed by atoms with Crippen molar-refractivity contribution >= 4 is 44.7 Å². The quantitative estimate of drug-likeness (QED) is 0.702. The monoisotopic (exact) mass is 406 g/mol. The van der Waals surface area contributed by atoms with Crippen molar-refractivity contribution in [2.45, 2.75) is 46.0 Å². The third kappa shape index (κ3) is 3.09. The number of nitrogens with zero attached hydrogens (tertiary/aromatic N) is 3. The van der Waals surface area contributed by atoms with Gasteiger partial charge in [-0.25, -0.2) is 9.97 Å². The normalized spacial score (nSPS) is 15.6. The molecule has 0 saturated heterocycles.